The molecule has 2 aliphatic heterocycles. The number of hydrogen-bond acceptors (Lipinski definition) is 7. The fourth-order valence-electron chi connectivity index (χ4n) is 10.5. The standard InChI is InChI=1S/C30H40F5NOS.C29H38F5NO3S.BBr3/c1-23-14-15-25-26(28(2,22-37-27(25)20-23)24-12-10-17-36-21-24)13-8-6-4-3-5-7-9-18-38-19-11-16-29(31,32)30(33,34)35;1-27(22-11-9-16-35-20-22)21-38-26-19-23(36)13-14-24(26)25(27)12-7-5-3-2-4-6-8-17-39(37)18-10-15-28(30,31)29(32,33)34;2-1(3)4/h10,12,14-15,17,20-21,26H,3-9,11,13,16,18-19,22H2,1-2H3;9,11,13-14,16,19-20,25,36H,2-8,10,12,15,17-18,21H2,1H3;/t26-,28-;25-,27-,39?;/m11./s1. The van der Waals surface area contributed by atoms with Gasteiger partial charge in [-0.05, 0) is 109 Å². The van der Waals surface area contributed by atoms with Crippen LogP contribution in [-0.4, -0.2) is 82.9 Å². The van der Waals surface area contributed by atoms with Crippen molar-refractivity contribution in [3.05, 3.63) is 113 Å². The van der Waals surface area contributed by atoms with E-state index in [9.17, 15) is 53.2 Å². The third-order valence-electron chi connectivity index (χ3n) is 15.3. The van der Waals surface area contributed by atoms with Gasteiger partial charge in [-0.2, -0.15) is 55.7 Å². The summed E-state index contributed by atoms with van der Waals surface area (Å²) in [5, 5.41) is 9.91. The highest BCUT2D eigenvalue weighted by atomic mass is 79.9. The molecule has 81 heavy (non-hydrogen) atoms. The Labute approximate surface area is 505 Å². The molecule has 6 nitrogen and oxygen atoms in total. The normalized spacial score (nSPS) is 19.4. The molecular formula is C59H78BBr3F10N2O4S2. The maximum Gasteiger partial charge on any atom is 0.453 e. The zero-order valence-electron chi connectivity index (χ0n) is 46.5. The minimum absolute atomic E-state index is 0.117. The summed E-state index contributed by atoms with van der Waals surface area (Å²) >= 11 is 10.8. The number of alkyl halides is 10. The minimum Gasteiger partial charge on any atom is -0.508 e. The van der Waals surface area contributed by atoms with E-state index < -0.39 is 54.3 Å². The lowest BCUT2D eigenvalue weighted by molar-refractivity contribution is -0.284. The van der Waals surface area contributed by atoms with Crippen molar-refractivity contribution in [3.63, 3.8) is 0 Å². The summed E-state index contributed by atoms with van der Waals surface area (Å²) in [6.07, 6.45) is 10.1. The Hall–Kier alpha value is -2.56. The number of aryl methyl sites for hydroxylation is 1. The Morgan fingerprint density at radius 3 is 1.47 bits per heavy atom. The first-order valence-corrected chi connectivity index (χ1v) is 33.3. The molecule has 0 saturated carbocycles. The first kappa shape index (κ1) is 70.9. The van der Waals surface area contributed by atoms with Crippen LogP contribution in [0.1, 0.15) is 182 Å². The van der Waals surface area contributed by atoms with E-state index in [1.54, 1.807) is 24.5 Å². The smallest absolute Gasteiger partial charge is 0.453 e. The van der Waals surface area contributed by atoms with E-state index in [1.807, 2.05) is 30.6 Å². The van der Waals surface area contributed by atoms with E-state index in [-0.39, 0.29) is 37.9 Å². The highest BCUT2D eigenvalue weighted by molar-refractivity contribution is 9.69. The summed E-state index contributed by atoms with van der Waals surface area (Å²) in [5.74, 6) is -5.42. The summed E-state index contributed by atoms with van der Waals surface area (Å²) in [6.45, 7) is 7.73. The molecule has 1 N–H and O–H groups in total. The van der Waals surface area contributed by atoms with E-state index in [4.69, 9.17) is 9.47 Å². The maximum atomic E-state index is 12.9. The number of thioether (sulfide) groups is 1. The van der Waals surface area contributed by atoms with E-state index in [0.717, 1.165) is 112 Å². The zero-order valence-corrected chi connectivity index (χ0v) is 52.9. The van der Waals surface area contributed by atoms with Crippen LogP contribution in [0.2, 0.25) is 0 Å². The Bertz CT molecular complexity index is 2450. The molecule has 0 spiro atoms. The number of aromatic nitrogens is 2. The van der Waals surface area contributed by atoms with Crippen LogP contribution in [0, 0.1) is 6.92 Å². The molecule has 0 bridgehead atoms. The fourth-order valence-corrected chi connectivity index (χ4v) is 12.7. The van der Waals surface area contributed by atoms with Gasteiger partial charge in [-0.3, -0.25) is 14.2 Å². The van der Waals surface area contributed by atoms with Crippen molar-refractivity contribution in [2.24, 2.45) is 0 Å². The van der Waals surface area contributed by atoms with E-state index in [0.29, 0.717) is 37.1 Å². The summed E-state index contributed by atoms with van der Waals surface area (Å²) in [5.41, 5.74) is 5.55. The predicted octanol–water partition coefficient (Wildman–Crippen LogP) is 19.9. The van der Waals surface area contributed by atoms with Crippen LogP contribution in [-0.2, 0) is 21.6 Å². The van der Waals surface area contributed by atoms with Crippen LogP contribution in [0.5, 0.6) is 17.2 Å². The summed E-state index contributed by atoms with van der Waals surface area (Å²) < 4.78 is 149. The first-order valence-electron chi connectivity index (χ1n) is 28.0. The van der Waals surface area contributed by atoms with Crippen molar-refractivity contribution in [3.8, 4) is 17.2 Å². The summed E-state index contributed by atoms with van der Waals surface area (Å²) in [4.78, 5) is 8.68. The summed E-state index contributed by atoms with van der Waals surface area (Å²) in [6, 6.07) is 20.0. The molecule has 0 radical (unpaired) electrons. The van der Waals surface area contributed by atoms with Crippen molar-refractivity contribution in [2.75, 3.05) is 36.2 Å². The Morgan fingerprint density at radius 2 is 1.00 bits per heavy atom. The SMILES string of the molecule is BrB(Br)Br.C[C@]1(c2cccnc2)COc2cc(O)ccc2[C@H]1CCCCCCCCCS(=O)CCCC(F)(F)C(F)(F)F.Cc1ccc2c(c1)OC[C@](C)(c1cccnc1)[C@@H]2CCCCCCCCCSCCCC(F)(F)C(F)(F)F. The van der Waals surface area contributed by atoms with Gasteiger partial charge in [-0.15, -0.1) is 47.3 Å². The average molecular weight is 1380 g/mol. The number of hydrogen-bond donors (Lipinski definition) is 1. The highest BCUT2D eigenvalue weighted by Crippen LogP contribution is 2.51. The zero-order chi connectivity index (χ0) is 59.7. The maximum absolute atomic E-state index is 12.9. The van der Waals surface area contributed by atoms with Crippen molar-refractivity contribution in [1.82, 2.24) is 9.97 Å². The second-order valence-corrected chi connectivity index (χ2v) is 31.0. The second kappa shape index (κ2) is 34.6. The third kappa shape index (κ3) is 23.3. The van der Waals surface area contributed by atoms with Crippen LogP contribution < -0.4 is 9.47 Å². The van der Waals surface area contributed by atoms with Crippen LogP contribution in [0.25, 0.3) is 0 Å². The monoisotopic (exact) mass is 1380 g/mol. The second-order valence-electron chi connectivity index (χ2n) is 21.6. The number of ether oxygens (including phenoxy) is 2. The largest absolute Gasteiger partial charge is 0.508 e. The Kier molecular flexibility index (Phi) is 30.3. The molecule has 0 aliphatic carbocycles. The van der Waals surface area contributed by atoms with E-state index >= 15 is 0 Å². The van der Waals surface area contributed by atoms with Gasteiger partial charge in [-0.1, -0.05) is 121 Å². The third-order valence-corrected chi connectivity index (χ3v) is 17.9. The van der Waals surface area contributed by atoms with Gasteiger partial charge in [0.2, 0.25) is 0 Å². The van der Waals surface area contributed by atoms with Gasteiger partial charge in [0.25, 0.3) is 0 Å². The molecule has 0 amide bonds. The average Bonchev–Trinajstić information content (AvgIpc) is 3.46. The predicted molar refractivity (Wildman–Crippen MR) is 321 cm³/mol. The van der Waals surface area contributed by atoms with Crippen LogP contribution in [0.3, 0.4) is 0 Å². The number of fused-ring (bicyclic) bond motifs is 2. The molecule has 0 saturated heterocycles. The first-order chi connectivity index (χ1) is 38.2. The molecule has 2 aromatic carbocycles. The number of aromatic hydroxyl groups is 1. The van der Waals surface area contributed by atoms with Gasteiger partial charge in [-0.25, -0.2) is 0 Å². The number of phenols is 1. The van der Waals surface area contributed by atoms with Crippen LogP contribution in [0.4, 0.5) is 43.9 Å². The van der Waals surface area contributed by atoms with E-state index in [1.165, 1.54) is 41.3 Å². The molecule has 2 aromatic heterocycles. The molecule has 4 heterocycles. The van der Waals surface area contributed by atoms with Gasteiger partial charge < -0.3 is 14.6 Å². The molecule has 6 rings (SSSR count). The number of halogens is 13. The molecule has 454 valence electrons. The molecule has 4 aromatic rings. The fraction of sp³-hybridized carbons (Fsp3) is 0.627. The quantitative estimate of drug-likeness (QED) is 0.0316. The number of unbranched alkanes of at least 4 members (excludes halogenated alkanes) is 12. The minimum atomic E-state index is -5.55. The Morgan fingerprint density at radius 1 is 0.593 bits per heavy atom. The van der Waals surface area contributed by atoms with Gasteiger partial charge in [0.1, 0.15) is 17.2 Å². The van der Waals surface area contributed by atoms with Crippen molar-refractivity contribution >= 4 is 73.0 Å². The number of benzene rings is 2. The number of nitrogens with zero attached hydrogens (tertiary/aromatic N) is 2. The molecular weight excluding hydrogens is 1310 g/mol. The van der Waals surface area contributed by atoms with E-state index in [2.05, 4.69) is 108 Å². The van der Waals surface area contributed by atoms with Crippen LogP contribution >= 0.6 is 59.0 Å². The number of phenolic OH excluding ortho intramolecular Hbond substituents is 1. The highest BCUT2D eigenvalue weighted by Gasteiger charge is 2.57. The number of pyridine rings is 2. The lowest BCUT2D eigenvalue weighted by atomic mass is 9.66. The van der Waals surface area contributed by atoms with Gasteiger partial charge in [0, 0.05) is 88.7 Å². The molecule has 2 aliphatic rings. The van der Waals surface area contributed by atoms with Crippen molar-refractivity contribution in [2.45, 2.75) is 196 Å². The molecule has 1 unspecified atom stereocenters. The van der Waals surface area contributed by atoms with Gasteiger partial charge in [0.05, 0.1) is 13.2 Å². The lowest BCUT2D eigenvalue weighted by Crippen LogP contribution is -2.40. The summed E-state index contributed by atoms with van der Waals surface area (Å²) in [7, 11) is -1.37. The van der Waals surface area contributed by atoms with Crippen LogP contribution in [0.15, 0.2) is 85.5 Å². The molecule has 0 fully saturated rings. The molecule has 5 atom stereocenters. The molecule has 22 heteroatoms. The lowest BCUT2D eigenvalue weighted by Gasteiger charge is -2.43. The van der Waals surface area contributed by atoms with Gasteiger partial charge in [0.15, 0.2) is 0 Å². The Balaban J connectivity index is 0.000000327. The number of rotatable bonds is 30. The van der Waals surface area contributed by atoms with Crippen molar-refractivity contribution in [1.29, 1.82) is 0 Å². The topological polar surface area (TPSA) is 81.5 Å². The van der Waals surface area contributed by atoms with Crippen molar-refractivity contribution < 1.29 is 62.7 Å². The van der Waals surface area contributed by atoms with Gasteiger partial charge >= 0.3 is 27.4 Å².